The minimum absolute atomic E-state index is 0.379. The summed E-state index contributed by atoms with van der Waals surface area (Å²) < 4.78 is 16.8. The summed E-state index contributed by atoms with van der Waals surface area (Å²) in [6.07, 6.45) is 0. The topological polar surface area (TPSA) is 44.8 Å². The first-order valence-electron chi connectivity index (χ1n) is 8.82. The van der Waals surface area contributed by atoms with Crippen LogP contribution in [0, 0.1) is 13.8 Å². The summed E-state index contributed by atoms with van der Waals surface area (Å²) in [5.74, 6) is 1.56. The van der Waals surface area contributed by atoms with Crippen molar-refractivity contribution in [2.75, 3.05) is 13.2 Å². The van der Waals surface area contributed by atoms with Crippen LogP contribution in [0.4, 0.5) is 0 Å². The number of hydrogen-bond acceptors (Lipinski definition) is 4. The lowest BCUT2D eigenvalue weighted by atomic mass is 10.1. The lowest BCUT2D eigenvalue weighted by molar-refractivity contribution is 0.0733. The summed E-state index contributed by atoms with van der Waals surface area (Å²) in [6, 6.07) is 22.2. The first-order chi connectivity index (χ1) is 13.1. The Bertz CT molecular complexity index is 903. The van der Waals surface area contributed by atoms with Crippen molar-refractivity contribution in [1.29, 1.82) is 0 Å². The number of ether oxygens (including phenoxy) is 3. The Labute approximate surface area is 159 Å². The Morgan fingerprint density at radius 2 is 1.44 bits per heavy atom. The number of aryl methyl sites for hydroxylation is 1. The van der Waals surface area contributed by atoms with Crippen molar-refractivity contribution < 1.29 is 19.0 Å². The highest BCUT2D eigenvalue weighted by Gasteiger charge is 2.12. The maximum Gasteiger partial charge on any atom is 0.343 e. The Morgan fingerprint density at radius 3 is 2.22 bits per heavy atom. The quantitative estimate of drug-likeness (QED) is 0.338. The fourth-order valence-electron chi connectivity index (χ4n) is 2.54. The molecule has 27 heavy (non-hydrogen) atoms. The van der Waals surface area contributed by atoms with Gasteiger partial charge in [0.2, 0.25) is 0 Å². The zero-order valence-corrected chi connectivity index (χ0v) is 15.5. The average Bonchev–Trinajstić information content (AvgIpc) is 2.70. The van der Waals surface area contributed by atoms with Gasteiger partial charge in [-0.15, -0.1) is 0 Å². The first kappa shape index (κ1) is 18.5. The highest BCUT2D eigenvalue weighted by molar-refractivity contribution is 5.91. The Hall–Kier alpha value is -3.27. The van der Waals surface area contributed by atoms with Gasteiger partial charge in [0.25, 0.3) is 0 Å². The van der Waals surface area contributed by atoms with Crippen LogP contribution in [0.3, 0.4) is 0 Å². The van der Waals surface area contributed by atoms with E-state index in [0.717, 1.165) is 16.9 Å². The van der Waals surface area contributed by atoms with Gasteiger partial charge >= 0.3 is 5.97 Å². The molecule has 0 saturated carbocycles. The number of hydrogen-bond donors (Lipinski definition) is 0. The highest BCUT2D eigenvalue weighted by atomic mass is 16.5. The van der Waals surface area contributed by atoms with Crippen LogP contribution in [0.15, 0.2) is 72.8 Å². The van der Waals surface area contributed by atoms with Crippen LogP contribution in [-0.2, 0) is 0 Å². The number of benzene rings is 3. The molecule has 0 N–H and O–H groups in total. The van der Waals surface area contributed by atoms with Gasteiger partial charge in [-0.3, -0.25) is 0 Å². The van der Waals surface area contributed by atoms with Crippen LogP contribution in [-0.4, -0.2) is 19.2 Å². The summed E-state index contributed by atoms with van der Waals surface area (Å²) >= 11 is 0. The van der Waals surface area contributed by atoms with Gasteiger partial charge in [0.1, 0.15) is 30.5 Å². The third-order valence-corrected chi connectivity index (χ3v) is 4.19. The summed E-state index contributed by atoms with van der Waals surface area (Å²) in [5, 5.41) is 0. The van der Waals surface area contributed by atoms with Gasteiger partial charge in [-0.2, -0.15) is 0 Å². The van der Waals surface area contributed by atoms with E-state index in [-0.39, 0.29) is 0 Å². The second-order valence-corrected chi connectivity index (χ2v) is 6.13. The van der Waals surface area contributed by atoms with Gasteiger partial charge in [-0.25, -0.2) is 4.79 Å². The van der Waals surface area contributed by atoms with Gasteiger partial charge in [-0.05, 0) is 61.4 Å². The molecule has 4 nitrogen and oxygen atoms in total. The molecule has 3 aromatic carbocycles. The van der Waals surface area contributed by atoms with E-state index in [1.165, 1.54) is 0 Å². The van der Waals surface area contributed by atoms with E-state index in [1.807, 2.05) is 56.3 Å². The standard InChI is InChI=1S/C23H22O4/c1-17-8-6-13-22(18(17)2)27-23(24)19-9-7-12-21(16-19)26-15-14-25-20-10-4-3-5-11-20/h3-13,16H,14-15H2,1-2H3. The van der Waals surface area contributed by atoms with Crippen molar-refractivity contribution in [1.82, 2.24) is 0 Å². The smallest absolute Gasteiger partial charge is 0.343 e. The number of carbonyl (C=O) groups is 1. The maximum atomic E-state index is 12.4. The lowest BCUT2D eigenvalue weighted by Crippen LogP contribution is -2.11. The predicted octanol–water partition coefficient (Wildman–Crippen LogP) is 4.98. The van der Waals surface area contributed by atoms with Gasteiger partial charge in [0.15, 0.2) is 0 Å². The van der Waals surface area contributed by atoms with Crippen molar-refractivity contribution in [2.45, 2.75) is 13.8 Å². The molecule has 3 rings (SSSR count). The average molecular weight is 362 g/mol. The van der Waals surface area contributed by atoms with Gasteiger partial charge in [-0.1, -0.05) is 36.4 Å². The van der Waals surface area contributed by atoms with E-state index < -0.39 is 5.97 Å². The summed E-state index contributed by atoms with van der Waals surface area (Å²) in [7, 11) is 0. The minimum Gasteiger partial charge on any atom is -0.490 e. The van der Waals surface area contributed by atoms with Crippen molar-refractivity contribution in [3.63, 3.8) is 0 Å². The molecular formula is C23H22O4. The van der Waals surface area contributed by atoms with Crippen LogP contribution in [0.5, 0.6) is 17.2 Å². The molecule has 0 aliphatic rings. The van der Waals surface area contributed by atoms with Crippen molar-refractivity contribution in [3.8, 4) is 17.2 Å². The molecular weight excluding hydrogens is 340 g/mol. The molecule has 0 heterocycles. The molecule has 0 radical (unpaired) electrons. The molecule has 0 aliphatic carbocycles. The van der Waals surface area contributed by atoms with Gasteiger partial charge in [0.05, 0.1) is 5.56 Å². The minimum atomic E-state index is -0.408. The molecule has 0 aliphatic heterocycles. The van der Waals surface area contributed by atoms with Crippen LogP contribution >= 0.6 is 0 Å². The monoisotopic (exact) mass is 362 g/mol. The fourth-order valence-corrected chi connectivity index (χ4v) is 2.54. The SMILES string of the molecule is Cc1cccc(OC(=O)c2cccc(OCCOc3ccccc3)c2)c1C. The summed E-state index contributed by atoms with van der Waals surface area (Å²) in [5.41, 5.74) is 2.48. The third-order valence-electron chi connectivity index (χ3n) is 4.19. The molecule has 0 atom stereocenters. The van der Waals surface area contributed by atoms with Gasteiger partial charge < -0.3 is 14.2 Å². The molecule has 0 unspecified atom stereocenters. The lowest BCUT2D eigenvalue weighted by Gasteiger charge is -2.11. The summed E-state index contributed by atoms with van der Waals surface area (Å²) in [6.45, 7) is 4.72. The molecule has 0 saturated heterocycles. The number of para-hydroxylation sites is 1. The molecule has 0 amide bonds. The van der Waals surface area contributed by atoms with E-state index in [2.05, 4.69) is 0 Å². The van der Waals surface area contributed by atoms with Crippen molar-refractivity contribution in [3.05, 3.63) is 89.5 Å². The van der Waals surface area contributed by atoms with Crippen LogP contribution in [0.2, 0.25) is 0 Å². The molecule has 3 aromatic rings. The van der Waals surface area contributed by atoms with E-state index in [9.17, 15) is 4.79 Å². The van der Waals surface area contributed by atoms with Crippen LogP contribution < -0.4 is 14.2 Å². The molecule has 0 bridgehead atoms. The Morgan fingerprint density at radius 1 is 0.778 bits per heavy atom. The Kier molecular flexibility index (Phi) is 6.10. The molecule has 0 spiro atoms. The predicted molar refractivity (Wildman–Crippen MR) is 105 cm³/mol. The third kappa shape index (κ3) is 5.11. The van der Waals surface area contributed by atoms with E-state index in [1.54, 1.807) is 30.3 Å². The number of esters is 1. The largest absolute Gasteiger partial charge is 0.490 e. The number of rotatable bonds is 7. The highest BCUT2D eigenvalue weighted by Crippen LogP contribution is 2.22. The normalized spacial score (nSPS) is 10.3. The molecule has 138 valence electrons. The van der Waals surface area contributed by atoms with Crippen molar-refractivity contribution >= 4 is 5.97 Å². The maximum absolute atomic E-state index is 12.4. The van der Waals surface area contributed by atoms with Gasteiger partial charge in [0, 0.05) is 0 Å². The van der Waals surface area contributed by atoms with E-state index in [0.29, 0.717) is 30.3 Å². The number of carbonyl (C=O) groups excluding carboxylic acids is 1. The fraction of sp³-hybridized carbons (Fsp3) is 0.174. The van der Waals surface area contributed by atoms with Crippen molar-refractivity contribution in [2.24, 2.45) is 0 Å². The molecule has 0 fully saturated rings. The molecule has 0 aromatic heterocycles. The summed E-state index contributed by atoms with van der Waals surface area (Å²) in [4.78, 5) is 12.4. The van der Waals surface area contributed by atoms with E-state index in [4.69, 9.17) is 14.2 Å². The second-order valence-electron chi connectivity index (χ2n) is 6.13. The van der Waals surface area contributed by atoms with E-state index >= 15 is 0 Å². The van der Waals surface area contributed by atoms with Crippen LogP contribution in [0.1, 0.15) is 21.5 Å². The van der Waals surface area contributed by atoms with Crippen LogP contribution in [0.25, 0.3) is 0 Å². The zero-order chi connectivity index (χ0) is 19.1. The molecule has 4 heteroatoms. The first-order valence-corrected chi connectivity index (χ1v) is 8.82. The second kappa shape index (κ2) is 8.90. The zero-order valence-electron chi connectivity index (χ0n) is 15.5. The Balaban J connectivity index is 1.56.